The van der Waals surface area contributed by atoms with Crippen molar-refractivity contribution in [1.82, 2.24) is 0 Å². The van der Waals surface area contributed by atoms with Gasteiger partial charge in [0, 0.05) is 29.4 Å². The summed E-state index contributed by atoms with van der Waals surface area (Å²) in [5.74, 6) is -0.0552. The number of rotatable bonds is 3. The minimum atomic E-state index is -0.420. The Morgan fingerprint density at radius 2 is 1.82 bits per heavy atom. The van der Waals surface area contributed by atoms with Gasteiger partial charge in [0.25, 0.3) is 0 Å². The van der Waals surface area contributed by atoms with Crippen molar-refractivity contribution in [3.05, 3.63) is 53.1 Å². The fourth-order valence-electron chi connectivity index (χ4n) is 1.83. The van der Waals surface area contributed by atoms with Gasteiger partial charge >= 0.3 is 12.0 Å². The molecule has 2 N–H and O–H groups in total. The third-order valence-corrected chi connectivity index (χ3v) is 3.28. The van der Waals surface area contributed by atoms with E-state index in [4.69, 9.17) is 16.3 Å². The molecule has 114 valence electrons. The Morgan fingerprint density at radius 1 is 1.09 bits per heavy atom. The van der Waals surface area contributed by atoms with E-state index in [1.54, 1.807) is 42.5 Å². The van der Waals surface area contributed by atoms with E-state index < -0.39 is 12.0 Å². The van der Waals surface area contributed by atoms with Crippen LogP contribution in [0.25, 0.3) is 0 Å². The maximum atomic E-state index is 12.0. The first-order valence-corrected chi connectivity index (χ1v) is 6.95. The summed E-state index contributed by atoms with van der Waals surface area (Å²) in [5.41, 5.74) is 1.92. The first-order valence-electron chi connectivity index (χ1n) is 6.57. The molecular formula is C16H15ClN2O3. The van der Waals surface area contributed by atoms with Gasteiger partial charge in [-0.2, -0.15) is 0 Å². The molecule has 0 aliphatic rings. The van der Waals surface area contributed by atoms with Crippen molar-refractivity contribution in [3.63, 3.8) is 0 Å². The molecule has 0 saturated carbocycles. The van der Waals surface area contributed by atoms with Crippen molar-refractivity contribution >= 4 is 35.0 Å². The van der Waals surface area contributed by atoms with E-state index in [2.05, 4.69) is 10.6 Å². The lowest BCUT2D eigenvalue weighted by molar-refractivity contribution is -0.131. The lowest BCUT2D eigenvalue weighted by Gasteiger charge is -2.11. The third kappa shape index (κ3) is 4.23. The SMILES string of the molecule is CC(=O)Oc1cccc(NC(=O)Nc2cccc(Cl)c2C)c1. The molecule has 0 heterocycles. The first kappa shape index (κ1) is 15.9. The Morgan fingerprint density at radius 3 is 2.55 bits per heavy atom. The van der Waals surface area contributed by atoms with Crippen molar-refractivity contribution in [3.8, 4) is 5.75 Å². The molecule has 0 unspecified atom stereocenters. The number of carbonyl (C=O) groups is 2. The van der Waals surface area contributed by atoms with Crippen LogP contribution >= 0.6 is 11.6 Å². The number of carbonyl (C=O) groups excluding carboxylic acids is 2. The number of urea groups is 1. The molecular weight excluding hydrogens is 304 g/mol. The number of ether oxygens (including phenoxy) is 1. The fraction of sp³-hybridized carbons (Fsp3) is 0.125. The van der Waals surface area contributed by atoms with Crippen molar-refractivity contribution in [2.45, 2.75) is 13.8 Å². The van der Waals surface area contributed by atoms with Crippen LogP contribution in [0.4, 0.5) is 16.2 Å². The molecule has 2 aromatic carbocycles. The largest absolute Gasteiger partial charge is 0.427 e. The first-order chi connectivity index (χ1) is 10.5. The lowest BCUT2D eigenvalue weighted by atomic mass is 10.2. The summed E-state index contributed by atoms with van der Waals surface area (Å²) < 4.78 is 4.96. The molecule has 0 bridgehead atoms. The van der Waals surface area contributed by atoms with Gasteiger partial charge in [-0.1, -0.05) is 23.7 Å². The molecule has 6 heteroatoms. The van der Waals surface area contributed by atoms with Gasteiger partial charge in [0.15, 0.2) is 0 Å². The van der Waals surface area contributed by atoms with E-state index in [0.717, 1.165) is 5.56 Å². The minimum Gasteiger partial charge on any atom is -0.427 e. The van der Waals surface area contributed by atoms with Crippen LogP contribution in [0.2, 0.25) is 5.02 Å². The van der Waals surface area contributed by atoms with Crippen molar-refractivity contribution in [1.29, 1.82) is 0 Å². The number of hydrogen-bond donors (Lipinski definition) is 2. The van der Waals surface area contributed by atoms with Crippen LogP contribution < -0.4 is 15.4 Å². The van der Waals surface area contributed by atoms with Gasteiger partial charge in [0.1, 0.15) is 5.75 Å². The second kappa shape index (κ2) is 6.95. The van der Waals surface area contributed by atoms with Gasteiger partial charge < -0.3 is 15.4 Å². The molecule has 5 nitrogen and oxygen atoms in total. The zero-order valence-electron chi connectivity index (χ0n) is 12.1. The maximum Gasteiger partial charge on any atom is 0.323 e. The van der Waals surface area contributed by atoms with Crippen LogP contribution in [0.15, 0.2) is 42.5 Å². The summed E-state index contributed by atoms with van der Waals surface area (Å²) in [4.78, 5) is 22.9. The summed E-state index contributed by atoms with van der Waals surface area (Å²) in [7, 11) is 0. The highest BCUT2D eigenvalue weighted by atomic mass is 35.5. The summed E-state index contributed by atoms with van der Waals surface area (Å²) in [6.07, 6.45) is 0. The molecule has 22 heavy (non-hydrogen) atoms. The quantitative estimate of drug-likeness (QED) is 0.657. The van der Waals surface area contributed by atoms with Gasteiger partial charge in [-0.3, -0.25) is 4.79 Å². The molecule has 0 spiro atoms. The highest BCUT2D eigenvalue weighted by Gasteiger charge is 2.07. The van der Waals surface area contributed by atoms with E-state index in [9.17, 15) is 9.59 Å². The standard InChI is InChI=1S/C16H15ClN2O3/c1-10-14(17)7-4-8-15(10)19-16(21)18-12-5-3-6-13(9-12)22-11(2)20/h3-9H,1-2H3,(H2,18,19,21). The molecule has 2 amide bonds. The third-order valence-electron chi connectivity index (χ3n) is 2.87. The Balaban J connectivity index is 2.06. The Bertz CT molecular complexity index is 716. The Hall–Kier alpha value is -2.53. The predicted octanol–water partition coefficient (Wildman–Crippen LogP) is 4.22. The second-order valence-corrected chi connectivity index (χ2v) is 5.02. The molecule has 0 radical (unpaired) electrons. The monoisotopic (exact) mass is 318 g/mol. The number of nitrogens with one attached hydrogen (secondary N) is 2. The number of halogens is 1. The van der Waals surface area contributed by atoms with Crippen LogP contribution in [-0.2, 0) is 4.79 Å². The van der Waals surface area contributed by atoms with Crippen molar-refractivity contribution < 1.29 is 14.3 Å². The van der Waals surface area contributed by atoms with Gasteiger partial charge in [-0.05, 0) is 36.8 Å². The number of amides is 2. The van der Waals surface area contributed by atoms with Gasteiger partial charge in [0.2, 0.25) is 0 Å². The van der Waals surface area contributed by atoms with Crippen LogP contribution in [0.3, 0.4) is 0 Å². The predicted molar refractivity (Wildman–Crippen MR) is 86.6 cm³/mol. The fourth-order valence-corrected chi connectivity index (χ4v) is 2.01. The normalized spacial score (nSPS) is 9.95. The van der Waals surface area contributed by atoms with Gasteiger partial charge in [0.05, 0.1) is 0 Å². The van der Waals surface area contributed by atoms with E-state index in [-0.39, 0.29) is 0 Å². The average Bonchev–Trinajstić information content (AvgIpc) is 2.43. The van der Waals surface area contributed by atoms with E-state index in [1.165, 1.54) is 6.92 Å². The molecule has 0 fully saturated rings. The highest BCUT2D eigenvalue weighted by Crippen LogP contribution is 2.23. The zero-order chi connectivity index (χ0) is 16.1. The van der Waals surface area contributed by atoms with Crippen LogP contribution in [-0.4, -0.2) is 12.0 Å². The number of benzene rings is 2. The zero-order valence-corrected chi connectivity index (χ0v) is 12.9. The summed E-state index contributed by atoms with van der Waals surface area (Å²) >= 11 is 6.01. The van der Waals surface area contributed by atoms with E-state index in [0.29, 0.717) is 22.1 Å². The molecule has 2 aromatic rings. The smallest absolute Gasteiger partial charge is 0.323 e. The van der Waals surface area contributed by atoms with Gasteiger partial charge in [-0.25, -0.2) is 4.79 Å². The molecule has 0 saturated heterocycles. The molecule has 0 atom stereocenters. The highest BCUT2D eigenvalue weighted by molar-refractivity contribution is 6.31. The van der Waals surface area contributed by atoms with E-state index >= 15 is 0 Å². The molecule has 0 aliphatic heterocycles. The number of hydrogen-bond acceptors (Lipinski definition) is 3. The van der Waals surface area contributed by atoms with Crippen molar-refractivity contribution in [2.24, 2.45) is 0 Å². The van der Waals surface area contributed by atoms with Crippen LogP contribution in [0, 0.1) is 6.92 Å². The topological polar surface area (TPSA) is 67.4 Å². The average molecular weight is 319 g/mol. The van der Waals surface area contributed by atoms with Gasteiger partial charge in [-0.15, -0.1) is 0 Å². The minimum absolute atomic E-state index is 0.365. The summed E-state index contributed by atoms with van der Waals surface area (Å²) in [6.45, 7) is 3.13. The Kier molecular flexibility index (Phi) is 5.01. The van der Waals surface area contributed by atoms with Crippen LogP contribution in [0.1, 0.15) is 12.5 Å². The number of anilines is 2. The second-order valence-electron chi connectivity index (χ2n) is 4.61. The molecule has 0 aliphatic carbocycles. The van der Waals surface area contributed by atoms with E-state index in [1.807, 2.05) is 6.92 Å². The number of esters is 1. The lowest BCUT2D eigenvalue weighted by Crippen LogP contribution is -2.20. The maximum absolute atomic E-state index is 12.0. The summed E-state index contributed by atoms with van der Waals surface area (Å²) in [6, 6.07) is 11.4. The molecule has 0 aromatic heterocycles. The Labute approximate surface area is 133 Å². The molecule has 2 rings (SSSR count). The summed E-state index contributed by atoms with van der Waals surface area (Å²) in [5, 5.41) is 5.96. The van der Waals surface area contributed by atoms with Crippen LogP contribution in [0.5, 0.6) is 5.75 Å². The van der Waals surface area contributed by atoms with Crippen molar-refractivity contribution in [2.75, 3.05) is 10.6 Å².